The van der Waals surface area contributed by atoms with Crippen molar-refractivity contribution in [3.63, 3.8) is 0 Å². The molecule has 0 aromatic heterocycles. The number of primary amides is 1. The van der Waals surface area contributed by atoms with Gasteiger partial charge in [0.2, 0.25) is 5.91 Å². The van der Waals surface area contributed by atoms with Crippen molar-refractivity contribution < 1.29 is 4.79 Å². The molecule has 0 aromatic rings. The van der Waals surface area contributed by atoms with E-state index in [1.54, 1.807) is 0 Å². The maximum atomic E-state index is 10.7. The van der Waals surface area contributed by atoms with E-state index in [1.807, 2.05) is 6.92 Å². The molecule has 4 heteroatoms. The number of nitrogens with one attached hydrogen (secondary N) is 1. The summed E-state index contributed by atoms with van der Waals surface area (Å²) in [5, 5.41) is 3.26. The van der Waals surface area contributed by atoms with Gasteiger partial charge in [-0.15, -0.1) is 0 Å². The lowest BCUT2D eigenvalue weighted by atomic mass is 10.2. The van der Waals surface area contributed by atoms with Crippen LogP contribution in [0.5, 0.6) is 0 Å². The predicted molar refractivity (Wildman–Crippen MR) is 61.5 cm³/mol. The van der Waals surface area contributed by atoms with Crippen LogP contribution < -0.4 is 11.1 Å². The molecule has 0 saturated carbocycles. The van der Waals surface area contributed by atoms with Gasteiger partial charge in [-0.05, 0) is 45.4 Å². The molecule has 3 N–H and O–H groups in total. The average molecular weight is 213 g/mol. The smallest absolute Gasteiger partial charge is 0.221 e. The highest BCUT2D eigenvalue weighted by Gasteiger charge is 2.10. The largest absolute Gasteiger partial charge is 0.369 e. The van der Waals surface area contributed by atoms with Gasteiger partial charge in [-0.25, -0.2) is 0 Å². The molecule has 0 spiro atoms. The minimum absolute atomic E-state index is 0.0585. The average Bonchev–Trinajstić information content (AvgIpc) is 2.69. The van der Waals surface area contributed by atoms with Gasteiger partial charge in [0.1, 0.15) is 0 Å². The van der Waals surface area contributed by atoms with Gasteiger partial charge >= 0.3 is 0 Å². The van der Waals surface area contributed by atoms with Crippen molar-refractivity contribution in [2.45, 2.75) is 26.2 Å². The Morgan fingerprint density at radius 2 is 2.13 bits per heavy atom. The number of nitrogens with two attached hydrogens (primary N) is 1. The second kappa shape index (κ2) is 6.80. The lowest BCUT2D eigenvalue weighted by Crippen LogP contribution is -2.32. The molecule has 0 radical (unpaired) electrons. The Morgan fingerprint density at radius 1 is 1.47 bits per heavy atom. The Hall–Kier alpha value is -0.610. The fourth-order valence-electron chi connectivity index (χ4n) is 1.85. The number of carbonyl (C=O) groups is 1. The molecule has 1 amide bonds. The summed E-state index contributed by atoms with van der Waals surface area (Å²) in [5.41, 5.74) is 5.16. The van der Waals surface area contributed by atoms with Gasteiger partial charge in [-0.2, -0.15) is 0 Å². The van der Waals surface area contributed by atoms with E-state index in [1.165, 1.54) is 32.5 Å². The highest BCUT2D eigenvalue weighted by atomic mass is 16.1. The van der Waals surface area contributed by atoms with Crippen molar-refractivity contribution in [1.82, 2.24) is 10.2 Å². The van der Waals surface area contributed by atoms with E-state index in [-0.39, 0.29) is 11.8 Å². The third-order valence-corrected chi connectivity index (χ3v) is 2.96. The maximum absolute atomic E-state index is 10.7. The van der Waals surface area contributed by atoms with Gasteiger partial charge in [0.15, 0.2) is 0 Å². The monoisotopic (exact) mass is 213 g/mol. The molecule has 1 fully saturated rings. The van der Waals surface area contributed by atoms with Crippen LogP contribution in [0.15, 0.2) is 0 Å². The van der Waals surface area contributed by atoms with E-state index in [9.17, 15) is 4.79 Å². The molecule has 15 heavy (non-hydrogen) atoms. The zero-order valence-electron chi connectivity index (χ0n) is 9.67. The Morgan fingerprint density at radius 3 is 2.73 bits per heavy atom. The second-order valence-electron chi connectivity index (χ2n) is 4.41. The lowest BCUT2D eigenvalue weighted by molar-refractivity contribution is -0.121. The van der Waals surface area contributed by atoms with Crippen LogP contribution in [-0.4, -0.2) is 43.5 Å². The molecule has 1 aliphatic heterocycles. The minimum Gasteiger partial charge on any atom is -0.369 e. The number of nitrogens with zero attached hydrogens (tertiary/aromatic N) is 1. The highest BCUT2D eigenvalue weighted by Crippen LogP contribution is 2.06. The first kappa shape index (κ1) is 12.5. The Bertz CT molecular complexity index is 190. The van der Waals surface area contributed by atoms with Crippen molar-refractivity contribution in [2.24, 2.45) is 11.7 Å². The van der Waals surface area contributed by atoms with Crippen LogP contribution in [0, 0.1) is 5.92 Å². The molecular weight excluding hydrogens is 190 g/mol. The summed E-state index contributed by atoms with van der Waals surface area (Å²) in [4.78, 5) is 13.2. The Kier molecular flexibility index (Phi) is 5.65. The summed E-state index contributed by atoms with van der Waals surface area (Å²) < 4.78 is 0. The van der Waals surface area contributed by atoms with E-state index in [4.69, 9.17) is 5.73 Å². The molecule has 0 aliphatic carbocycles. The molecule has 88 valence electrons. The van der Waals surface area contributed by atoms with Crippen molar-refractivity contribution in [2.75, 3.05) is 32.7 Å². The molecule has 1 unspecified atom stereocenters. The number of likely N-dealkylation sites (tertiary alicyclic amines) is 1. The van der Waals surface area contributed by atoms with Crippen molar-refractivity contribution >= 4 is 5.91 Å². The first-order chi connectivity index (χ1) is 7.20. The summed E-state index contributed by atoms with van der Waals surface area (Å²) >= 11 is 0. The quantitative estimate of drug-likeness (QED) is 0.593. The molecule has 1 saturated heterocycles. The summed E-state index contributed by atoms with van der Waals surface area (Å²) in [7, 11) is 0. The van der Waals surface area contributed by atoms with Crippen LogP contribution in [0.4, 0.5) is 0 Å². The van der Waals surface area contributed by atoms with Gasteiger partial charge in [0.25, 0.3) is 0 Å². The molecule has 4 nitrogen and oxygen atoms in total. The standard InChI is InChI=1S/C11H23N3O/c1-10(11(12)15)9-13-5-4-8-14-6-2-3-7-14/h10,13H,2-9H2,1H3,(H2,12,15). The SMILES string of the molecule is CC(CNCCCN1CCCC1)C(N)=O. The van der Waals surface area contributed by atoms with Crippen molar-refractivity contribution in [1.29, 1.82) is 0 Å². The third-order valence-electron chi connectivity index (χ3n) is 2.96. The van der Waals surface area contributed by atoms with Gasteiger partial charge < -0.3 is 16.0 Å². The van der Waals surface area contributed by atoms with Crippen LogP contribution in [0.1, 0.15) is 26.2 Å². The normalized spacial score (nSPS) is 19.3. The first-order valence-electron chi connectivity index (χ1n) is 5.92. The molecule has 0 aromatic carbocycles. The highest BCUT2D eigenvalue weighted by molar-refractivity contribution is 5.76. The summed E-state index contributed by atoms with van der Waals surface area (Å²) in [6.45, 7) is 7.24. The van der Waals surface area contributed by atoms with E-state index in [0.29, 0.717) is 6.54 Å². The maximum Gasteiger partial charge on any atom is 0.221 e. The number of rotatable bonds is 7. The molecule has 1 aliphatic rings. The lowest BCUT2D eigenvalue weighted by Gasteiger charge is -2.14. The first-order valence-corrected chi connectivity index (χ1v) is 5.92. The Balaban J connectivity index is 1.90. The van der Waals surface area contributed by atoms with Gasteiger partial charge in [0.05, 0.1) is 0 Å². The fraction of sp³-hybridized carbons (Fsp3) is 0.909. The summed E-state index contributed by atoms with van der Waals surface area (Å²) in [6, 6.07) is 0. The van der Waals surface area contributed by atoms with Crippen LogP contribution in [-0.2, 0) is 4.79 Å². The number of carbonyl (C=O) groups excluding carboxylic acids is 1. The summed E-state index contributed by atoms with van der Waals surface area (Å²) in [6.07, 6.45) is 3.86. The van der Waals surface area contributed by atoms with Gasteiger partial charge in [-0.1, -0.05) is 6.92 Å². The van der Waals surface area contributed by atoms with E-state index in [0.717, 1.165) is 13.0 Å². The zero-order valence-corrected chi connectivity index (χ0v) is 9.67. The number of hydrogen-bond donors (Lipinski definition) is 2. The van der Waals surface area contributed by atoms with Crippen molar-refractivity contribution in [3.05, 3.63) is 0 Å². The van der Waals surface area contributed by atoms with Crippen LogP contribution in [0.25, 0.3) is 0 Å². The van der Waals surface area contributed by atoms with Gasteiger partial charge in [0, 0.05) is 12.5 Å². The summed E-state index contributed by atoms with van der Waals surface area (Å²) in [5.74, 6) is -0.279. The molecule has 1 rings (SSSR count). The number of amides is 1. The minimum atomic E-state index is -0.220. The van der Waals surface area contributed by atoms with Crippen molar-refractivity contribution in [3.8, 4) is 0 Å². The fourth-order valence-corrected chi connectivity index (χ4v) is 1.85. The predicted octanol–water partition coefficient (Wildman–Crippen LogP) is 0.183. The second-order valence-corrected chi connectivity index (χ2v) is 4.41. The van der Waals surface area contributed by atoms with E-state index in [2.05, 4.69) is 10.2 Å². The Labute approximate surface area is 92.2 Å². The topological polar surface area (TPSA) is 58.4 Å². The third kappa shape index (κ3) is 5.14. The van der Waals surface area contributed by atoms with Gasteiger partial charge in [-0.3, -0.25) is 4.79 Å². The van der Waals surface area contributed by atoms with E-state index >= 15 is 0 Å². The van der Waals surface area contributed by atoms with Crippen LogP contribution in [0.3, 0.4) is 0 Å². The molecular formula is C11H23N3O. The molecule has 1 heterocycles. The van der Waals surface area contributed by atoms with Crippen LogP contribution >= 0.6 is 0 Å². The zero-order chi connectivity index (χ0) is 11.1. The molecule has 1 atom stereocenters. The molecule has 0 bridgehead atoms. The van der Waals surface area contributed by atoms with E-state index < -0.39 is 0 Å². The number of hydrogen-bond acceptors (Lipinski definition) is 3. The van der Waals surface area contributed by atoms with Crippen LogP contribution in [0.2, 0.25) is 0 Å².